The van der Waals surface area contributed by atoms with E-state index in [1.54, 1.807) is 14.1 Å². The summed E-state index contributed by atoms with van der Waals surface area (Å²) in [5.74, 6) is -0.745. The molecule has 2 aromatic rings. The van der Waals surface area contributed by atoms with Crippen LogP contribution in [0.25, 0.3) is 0 Å². The van der Waals surface area contributed by atoms with Crippen molar-refractivity contribution in [3.8, 4) is 5.75 Å². The number of phenols is 1. The molecular weight excluding hydrogens is 302 g/mol. The molecule has 23 heavy (non-hydrogen) atoms. The molecule has 0 aliphatic carbocycles. The zero-order valence-corrected chi connectivity index (χ0v) is 12.9. The van der Waals surface area contributed by atoms with Crippen molar-refractivity contribution in [2.75, 3.05) is 25.1 Å². The van der Waals surface area contributed by atoms with Gasteiger partial charge in [0, 0.05) is 21.1 Å². The predicted molar refractivity (Wildman–Crippen MR) is 86.1 cm³/mol. The van der Waals surface area contributed by atoms with Crippen molar-refractivity contribution in [2.45, 2.75) is 0 Å². The minimum Gasteiger partial charge on any atom is -0.505 e. The summed E-state index contributed by atoms with van der Waals surface area (Å²) in [6, 6.07) is 4.44. The Hall–Kier alpha value is -3.23. The Morgan fingerprint density at radius 2 is 2.00 bits per heavy atom. The van der Waals surface area contributed by atoms with E-state index in [2.05, 4.69) is 10.4 Å². The van der Waals surface area contributed by atoms with Crippen molar-refractivity contribution in [2.24, 2.45) is 7.05 Å². The van der Waals surface area contributed by atoms with Crippen LogP contribution in [0, 0.1) is 0 Å². The summed E-state index contributed by atoms with van der Waals surface area (Å²) < 4.78 is 0.965. The number of nitrogens with two attached hydrogens (primary N) is 1. The fourth-order valence-electron chi connectivity index (χ4n) is 1.97. The third-order valence-corrected chi connectivity index (χ3v) is 3.23. The molecule has 0 fully saturated rings. The number of para-hydroxylation sites is 1. The van der Waals surface area contributed by atoms with Gasteiger partial charge in [-0.1, -0.05) is 6.07 Å². The van der Waals surface area contributed by atoms with Crippen molar-refractivity contribution in [3.63, 3.8) is 0 Å². The molecule has 1 aromatic heterocycles. The van der Waals surface area contributed by atoms with E-state index in [0.717, 1.165) is 4.68 Å². The lowest BCUT2D eigenvalue weighted by Gasteiger charge is -2.15. The number of carbonyl (C=O) groups excluding carboxylic acids is 1. The summed E-state index contributed by atoms with van der Waals surface area (Å²) in [6.45, 7) is 0. The summed E-state index contributed by atoms with van der Waals surface area (Å²) in [4.78, 5) is 37.0. The number of anilines is 3. The van der Waals surface area contributed by atoms with Gasteiger partial charge < -0.3 is 21.1 Å². The summed E-state index contributed by atoms with van der Waals surface area (Å²) in [6.07, 6.45) is 0. The second-order valence-electron chi connectivity index (χ2n) is 5.12. The van der Waals surface area contributed by atoms with Crippen LogP contribution < -0.4 is 22.2 Å². The molecule has 9 heteroatoms. The lowest BCUT2D eigenvalue weighted by Crippen LogP contribution is -2.31. The Labute approximate surface area is 130 Å². The highest BCUT2D eigenvalue weighted by Crippen LogP contribution is 2.30. The maximum absolute atomic E-state index is 12.1. The molecule has 1 heterocycles. The number of hydrogen-bond donors (Lipinski definition) is 4. The molecule has 0 unspecified atom stereocenters. The first kappa shape index (κ1) is 16.1. The normalized spacial score (nSPS) is 10.4. The van der Waals surface area contributed by atoms with Crippen LogP contribution in [0.1, 0.15) is 10.4 Å². The number of benzene rings is 1. The Bertz CT molecular complexity index is 882. The second kappa shape index (κ2) is 5.87. The van der Waals surface area contributed by atoms with Gasteiger partial charge in [0.2, 0.25) is 0 Å². The van der Waals surface area contributed by atoms with Crippen LogP contribution >= 0.6 is 0 Å². The molecule has 0 spiro atoms. The van der Waals surface area contributed by atoms with Crippen LogP contribution in [0.4, 0.5) is 17.1 Å². The maximum atomic E-state index is 12.1. The number of aromatic nitrogens is 2. The summed E-state index contributed by atoms with van der Waals surface area (Å²) in [5.41, 5.74) is 4.06. The van der Waals surface area contributed by atoms with Gasteiger partial charge >= 0.3 is 0 Å². The highest BCUT2D eigenvalue weighted by molar-refractivity contribution is 5.98. The predicted octanol–water partition coefficient (Wildman–Crippen LogP) is -0.193. The van der Waals surface area contributed by atoms with Gasteiger partial charge in [0.05, 0.1) is 11.3 Å². The summed E-state index contributed by atoms with van der Waals surface area (Å²) >= 11 is 0. The highest BCUT2D eigenvalue weighted by Gasteiger charge is 2.18. The lowest BCUT2D eigenvalue weighted by molar-refractivity contribution is 0.0825. The van der Waals surface area contributed by atoms with Crippen LogP contribution in [-0.4, -0.2) is 39.8 Å². The van der Waals surface area contributed by atoms with Gasteiger partial charge in [-0.2, -0.15) is 0 Å². The fourth-order valence-corrected chi connectivity index (χ4v) is 1.97. The summed E-state index contributed by atoms with van der Waals surface area (Å²) in [5, 5.41) is 15.1. The first-order valence-corrected chi connectivity index (χ1v) is 6.63. The molecule has 0 aliphatic rings. The fraction of sp³-hybridized carbons (Fsp3) is 0.214. The first-order valence-electron chi connectivity index (χ1n) is 6.63. The molecule has 1 aromatic carbocycles. The third-order valence-electron chi connectivity index (χ3n) is 3.23. The molecule has 0 saturated carbocycles. The third kappa shape index (κ3) is 2.89. The number of nitrogens with zero attached hydrogens (tertiary/aromatic N) is 2. The molecule has 9 nitrogen and oxygen atoms in total. The van der Waals surface area contributed by atoms with Crippen molar-refractivity contribution in [3.05, 3.63) is 44.5 Å². The Balaban J connectivity index is 2.55. The number of aromatic hydroxyl groups is 1. The average molecular weight is 319 g/mol. The van der Waals surface area contributed by atoms with E-state index < -0.39 is 17.0 Å². The van der Waals surface area contributed by atoms with E-state index in [0.29, 0.717) is 0 Å². The highest BCUT2D eigenvalue weighted by atomic mass is 16.3. The van der Waals surface area contributed by atoms with Crippen molar-refractivity contribution < 1.29 is 9.90 Å². The van der Waals surface area contributed by atoms with E-state index in [1.807, 2.05) is 0 Å². The monoisotopic (exact) mass is 319 g/mol. The summed E-state index contributed by atoms with van der Waals surface area (Å²) in [7, 11) is 4.46. The van der Waals surface area contributed by atoms with Crippen molar-refractivity contribution >= 4 is 23.0 Å². The van der Waals surface area contributed by atoms with Gasteiger partial charge in [0.1, 0.15) is 11.4 Å². The van der Waals surface area contributed by atoms with E-state index in [4.69, 9.17) is 5.73 Å². The Morgan fingerprint density at radius 3 is 2.61 bits per heavy atom. The molecule has 5 N–H and O–H groups in total. The molecule has 122 valence electrons. The number of phenolic OH excluding ortho intramolecular Hbond substituents is 1. The van der Waals surface area contributed by atoms with Gasteiger partial charge in [-0.3, -0.25) is 24.2 Å². The zero-order valence-electron chi connectivity index (χ0n) is 12.9. The molecule has 0 bridgehead atoms. The number of carbonyl (C=O) groups is 1. The van der Waals surface area contributed by atoms with Crippen LogP contribution in [0.2, 0.25) is 0 Å². The van der Waals surface area contributed by atoms with Crippen LogP contribution in [0.15, 0.2) is 27.8 Å². The number of nitrogen functional groups attached to an aromatic ring is 1. The molecule has 2 rings (SSSR count). The SMILES string of the molecule is CN(C)C(=O)c1cccc(Nc2c(N)c(=O)[nH]n(C)c2=O)c1O. The number of amides is 1. The minimum atomic E-state index is -0.644. The maximum Gasteiger partial charge on any atom is 0.290 e. The molecule has 0 aliphatic heterocycles. The molecule has 1 amide bonds. The quantitative estimate of drug-likeness (QED) is 0.579. The second-order valence-corrected chi connectivity index (χ2v) is 5.12. The van der Waals surface area contributed by atoms with Crippen LogP contribution in [0.5, 0.6) is 5.75 Å². The smallest absolute Gasteiger partial charge is 0.290 e. The van der Waals surface area contributed by atoms with Crippen molar-refractivity contribution in [1.29, 1.82) is 0 Å². The average Bonchev–Trinajstić information content (AvgIpc) is 2.50. The lowest BCUT2D eigenvalue weighted by atomic mass is 10.1. The Kier molecular flexibility index (Phi) is 4.12. The van der Waals surface area contributed by atoms with Crippen molar-refractivity contribution in [1.82, 2.24) is 14.7 Å². The van der Waals surface area contributed by atoms with E-state index in [-0.39, 0.29) is 28.4 Å². The van der Waals surface area contributed by atoms with Gasteiger partial charge in [-0.05, 0) is 12.1 Å². The largest absolute Gasteiger partial charge is 0.505 e. The zero-order chi connectivity index (χ0) is 17.3. The standard InChI is InChI=1S/C14H17N5O4/c1-18(2)13(22)7-5-4-6-8(11(7)20)16-10-9(15)12(21)17-19(3)14(10)23/h4-6,16,20H,15H2,1-3H3,(H,17,21). The van der Waals surface area contributed by atoms with Gasteiger partial charge in [-0.25, -0.2) is 0 Å². The van der Waals surface area contributed by atoms with Gasteiger partial charge in [-0.15, -0.1) is 0 Å². The Morgan fingerprint density at radius 1 is 1.35 bits per heavy atom. The van der Waals surface area contributed by atoms with Gasteiger partial charge in [0.25, 0.3) is 17.0 Å². The first-order chi connectivity index (χ1) is 10.7. The number of hydrogen-bond acceptors (Lipinski definition) is 6. The number of rotatable bonds is 3. The minimum absolute atomic E-state index is 0.0558. The topological polar surface area (TPSA) is 133 Å². The van der Waals surface area contributed by atoms with E-state index in [1.165, 1.54) is 30.1 Å². The number of nitrogens with one attached hydrogen (secondary N) is 2. The van der Waals surface area contributed by atoms with Crippen LogP contribution in [-0.2, 0) is 7.05 Å². The van der Waals surface area contributed by atoms with E-state index >= 15 is 0 Å². The number of aromatic amines is 1. The number of H-pyrrole nitrogens is 1. The molecule has 0 saturated heterocycles. The number of aryl methyl sites for hydroxylation is 1. The van der Waals surface area contributed by atoms with E-state index in [9.17, 15) is 19.5 Å². The molecule has 0 radical (unpaired) electrons. The molecule has 0 atom stereocenters. The van der Waals surface area contributed by atoms with Gasteiger partial charge in [0.15, 0.2) is 5.75 Å². The molecular formula is C14H17N5O4. The van der Waals surface area contributed by atoms with Crippen LogP contribution in [0.3, 0.4) is 0 Å².